The number of nitrogens with zero attached hydrogens (tertiary/aromatic N) is 1. The molecule has 148 valence electrons. The predicted molar refractivity (Wildman–Crippen MR) is 104 cm³/mol. The lowest BCUT2D eigenvalue weighted by Crippen LogP contribution is -2.22. The number of aliphatic hydroxyl groups is 1. The lowest BCUT2D eigenvalue weighted by Gasteiger charge is -2.17. The summed E-state index contributed by atoms with van der Waals surface area (Å²) in [5.74, 6) is -3.65. The summed E-state index contributed by atoms with van der Waals surface area (Å²) in [4.78, 5) is 22.5. The molecule has 1 aromatic heterocycles. The topological polar surface area (TPSA) is 132 Å². The monoisotopic (exact) mass is 397 g/mol. The van der Waals surface area contributed by atoms with E-state index in [1.807, 2.05) is 24.3 Å². The van der Waals surface area contributed by atoms with Gasteiger partial charge in [0.15, 0.2) is 0 Å². The van der Waals surface area contributed by atoms with Crippen LogP contribution in [0, 0.1) is 0 Å². The number of fused-ring (bicyclic) bond motifs is 1. The Kier molecular flexibility index (Phi) is 10.1. The first kappa shape index (κ1) is 22.6. The van der Waals surface area contributed by atoms with Gasteiger partial charge in [0.05, 0.1) is 12.1 Å². The van der Waals surface area contributed by atoms with E-state index in [9.17, 15) is 0 Å². The highest BCUT2D eigenvalue weighted by atomic mass is 35.5. The van der Waals surface area contributed by atoms with Gasteiger partial charge in [-0.15, -0.1) is 0 Å². The Labute approximate surface area is 162 Å². The van der Waals surface area contributed by atoms with E-state index in [1.165, 1.54) is 0 Å². The van der Waals surface area contributed by atoms with Crippen LogP contribution in [0.2, 0.25) is 5.02 Å². The number of carbonyl (C=O) groups is 2. The van der Waals surface area contributed by atoms with E-state index in [-0.39, 0.29) is 6.61 Å². The van der Waals surface area contributed by atoms with Crippen molar-refractivity contribution in [1.82, 2.24) is 10.3 Å². The van der Waals surface area contributed by atoms with Crippen molar-refractivity contribution in [2.24, 2.45) is 0 Å². The van der Waals surface area contributed by atoms with E-state index in [2.05, 4.69) is 22.5 Å². The summed E-state index contributed by atoms with van der Waals surface area (Å²) in [6, 6.07) is 8.15. The van der Waals surface area contributed by atoms with Gasteiger partial charge in [0.2, 0.25) is 0 Å². The van der Waals surface area contributed by atoms with Gasteiger partial charge in [-0.05, 0) is 50.6 Å². The van der Waals surface area contributed by atoms with Crippen molar-refractivity contribution in [3.8, 4) is 0 Å². The van der Waals surface area contributed by atoms with Crippen LogP contribution in [-0.2, 0) is 9.59 Å². The SMILES string of the molecule is CC(CCCNCCO)Nc1ccnc2cc(Cl)ccc12.O=C(O)C(=O)O. The quantitative estimate of drug-likeness (QED) is 0.338. The normalized spacial score (nSPS) is 11.4. The molecule has 1 atom stereocenters. The van der Waals surface area contributed by atoms with Crippen LogP contribution in [-0.4, -0.2) is 58.0 Å². The third-order valence-electron chi connectivity index (χ3n) is 3.57. The Bertz CT molecular complexity index is 745. The molecule has 0 fully saturated rings. The Hall–Kier alpha value is -2.42. The number of rotatable bonds is 8. The maximum Gasteiger partial charge on any atom is 0.414 e. The molecule has 0 spiro atoms. The summed E-state index contributed by atoms with van der Waals surface area (Å²) in [5, 5.41) is 32.0. The molecule has 2 rings (SSSR count). The molecule has 1 aromatic carbocycles. The molecule has 0 bridgehead atoms. The molecule has 1 unspecified atom stereocenters. The molecule has 0 saturated carbocycles. The molecule has 1 heterocycles. The van der Waals surface area contributed by atoms with Gasteiger partial charge in [-0.3, -0.25) is 4.98 Å². The zero-order chi connectivity index (χ0) is 20.2. The lowest BCUT2D eigenvalue weighted by molar-refractivity contribution is -0.159. The summed E-state index contributed by atoms with van der Waals surface area (Å²) >= 11 is 6.00. The van der Waals surface area contributed by atoms with Crippen LogP contribution in [0.5, 0.6) is 0 Å². The van der Waals surface area contributed by atoms with E-state index < -0.39 is 11.9 Å². The average Bonchev–Trinajstić information content (AvgIpc) is 2.62. The van der Waals surface area contributed by atoms with Crippen LogP contribution in [0.15, 0.2) is 30.5 Å². The third kappa shape index (κ3) is 8.67. The van der Waals surface area contributed by atoms with Gasteiger partial charge in [-0.25, -0.2) is 9.59 Å². The molecule has 5 N–H and O–H groups in total. The van der Waals surface area contributed by atoms with Gasteiger partial charge in [0.1, 0.15) is 0 Å². The molecular formula is C18H24ClN3O5. The minimum absolute atomic E-state index is 0.194. The molecule has 9 heteroatoms. The van der Waals surface area contributed by atoms with Crippen LogP contribution < -0.4 is 10.6 Å². The molecule has 27 heavy (non-hydrogen) atoms. The maximum absolute atomic E-state index is 9.10. The number of halogens is 1. The molecular weight excluding hydrogens is 374 g/mol. The van der Waals surface area contributed by atoms with Crippen molar-refractivity contribution in [2.45, 2.75) is 25.8 Å². The second kappa shape index (κ2) is 12.1. The maximum atomic E-state index is 9.10. The summed E-state index contributed by atoms with van der Waals surface area (Å²) in [7, 11) is 0. The van der Waals surface area contributed by atoms with Crippen LogP contribution in [0.25, 0.3) is 10.9 Å². The molecule has 0 radical (unpaired) electrons. The van der Waals surface area contributed by atoms with E-state index in [0.29, 0.717) is 17.6 Å². The van der Waals surface area contributed by atoms with Crippen molar-refractivity contribution >= 4 is 40.1 Å². The Morgan fingerprint density at radius 2 is 1.89 bits per heavy atom. The van der Waals surface area contributed by atoms with Gasteiger partial charge < -0.3 is 26.0 Å². The Balaban J connectivity index is 0.000000527. The first-order valence-electron chi connectivity index (χ1n) is 8.43. The van der Waals surface area contributed by atoms with Crippen molar-refractivity contribution in [2.75, 3.05) is 25.0 Å². The first-order valence-corrected chi connectivity index (χ1v) is 8.81. The first-order chi connectivity index (χ1) is 12.8. The molecule has 0 aliphatic rings. The number of aliphatic hydroxyl groups excluding tert-OH is 1. The summed E-state index contributed by atoms with van der Waals surface area (Å²) in [5.41, 5.74) is 2.00. The van der Waals surface area contributed by atoms with Crippen molar-refractivity contribution in [3.05, 3.63) is 35.5 Å². The molecule has 0 amide bonds. The van der Waals surface area contributed by atoms with Gasteiger partial charge in [-0.1, -0.05) is 11.6 Å². The second-order valence-electron chi connectivity index (χ2n) is 5.79. The molecule has 8 nitrogen and oxygen atoms in total. The largest absolute Gasteiger partial charge is 0.473 e. The van der Waals surface area contributed by atoms with Crippen molar-refractivity contribution < 1.29 is 24.9 Å². The second-order valence-corrected chi connectivity index (χ2v) is 6.23. The summed E-state index contributed by atoms with van der Waals surface area (Å²) < 4.78 is 0. The number of hydrogen-bond donors (Lipinski definition) is 5. The third-order valence-corrected chi connectivity index (χ3v) is 3.80. The van der Waals surface area contributed by atoms with E-state index >= 15 is 0 Å². The highest BCUT2D eigenvalue weighted by Crippen LogP contribution is 2.25. The van der Waals surface area contributed by atoms with E-state index in [4.69, 9.17) is 36.5 Å². The fourth-order valence-electron chi connectivity index (χ4n) is 2.32. The number of pyridine rings is 1. The zero-order valence-electron chi connectivity index (χ0n) is 15.0. The number of carboxylic acid groups (broad SMARTS) is 2. The van der Waals surface area contributed by atoms with Gasteiger partial charge in [0, 0.05) is 34.9 Å². The molecule has 2 aromatic rings. The minimum atomic E-state index is -1.82. The number of aromatic nitrogens is 1. The van der Waals surface area contributed by atoms with Crippen LogP contribution in [0.4, 0.5) is 5.69 Å². The standard InChI is InChI=1S/C16H22ClN3O.C2H2O4/c1-12(3-2-7-18-9-10-21)20-15-6-8-19-16-11-13(17)4-5-14(15)16;3-1(4)2(5)6/h4-6,8,11-12,18,21H,2-3,7,9-10H2,1H3,(H,19,20);(H,3,4)(H,5,6). The molecule has 0 aliphatic heterocycles. The number of nitrogens with one attached hydrogen (secondary N) is 2. The minimum Gasteiger partial charge on any atom is -0.473 e. The van der Waals surface area contributed by atoms with Crippen molar-refractivity contribution in [3.63, 3.8) is 0 Å². The number of hydrogen-bond acceptors (Lipinski definition) is 6. The van der Waals surface area contributed by atoms with Crippen LogP contribution >= 0.6 is 11.6 Å². The lowest BCUT2D eigenvalue weighted by atomic mass is 10.1. The van der Waals surface area contributed by atoms with Gasteiger partial charge >= 0.3 is 11.9 Å². The van der Waals surface area contributed by atoms with E-state index in [1.54, 1.807) is 6.20 Å². The average molecular weight is 398 g/mol. The molecule has 0 saturated heterocycles. The molecule has 0 aliphatic carbocycles. The van der Waals surface area contributed by atoms with E-state index in [0.717, 1.165) is 36.0 Å². The highest BCUT2D eigenvalue weighted by molar-refractivity contribution is 6.31. The number of anilines is 1. The number of carboxylic acids is 2. The fourth-order valence-corrected chi connectivity index (χ4v) is 2.49. The smallest absolute Gasteiger partial charge is 0.414 e. The zero-order valence-corrected chi connectivity index (χ0v) is 15.7. The van der Waals surface area contributed by atoms with Crippen LogP contribution in [0.1, 0.15) is 19.8 Å². The number of aliphatic carboxylic acids is 2. The predicted octanol–water partition coefficient (Wildman–Crippen LogP) is 2.21. The summed E-state index contributed by atoms with van der Waals surface area (Å²) in [6.07, 6.45) is 3.94. The van der Waals surface area contributed by atoms with Gasteiger partial charge in [0.25, 0.3) is 0 Å². The van der Waals surface area contributed by atoms with Crippen molar-refractivity contribution in [1.29, 1.82) is 0 Å². The van der Waals surface area contributed by atoms with Crippen LogP contribution in [0.3, 0.4) is 0 Å². The highest BCUT2D eigenvalue weighted by Gasteiger charge is 2.06. The summed E-state index contributed by atoms with van der Waals surface area (Å²) in [6.45, 7) is 3.96. The Morgan fingerprint density at radius 1 is 1.19 bits per heavy atom. The Morgan fingerprint density at radius 3 is 2.52 bits per heavy atom. The fraction of sp³-hybridized carbons (Fsp3) is 0.389. The number of benzene rings is 1. The van der Waals surface area contributed by atoms with Gasteiger partial charge in [-0.2, -0.15) is 0 Å².